The van der Waals surface area contributed by atoms with E-state index in [4.69, 9.17) is 11.6 Å². The predicted octanol–water partition coefficient (Wildman–Crippen LogP) is 2.59. The van der Waals surface area contributed by atoms with Gasteiger partial charge in [0.1, 0.15) is 5.02 Å². The summed E-state index contributed by atoms with van der Waals surface area (Å²) in [6.45, 7) is 7.71. The molecule has 1 aliphatic rings. The third-order valence-electron chi connectivity index (χ3n) is 3.89. The number of likely N-dealkylation sites (N-methyl/N-ethyl adjacent to an activating group) is 1. The first kappa shape index (κ1) is 16.3. The first-order valence-electron chi connectivity index (χ1n) is 7.90. The minimum Gasteiger partial charge on any atom is -0.381 e. The molecular weight excluding hydrogens is 288 g/mol. The average Bonchev–Trinajstić information content (AvgIpc) is 3.31. The maximum Gasteiger partial charge on any atom is 0.287 e. The van der Waals surface area contributed by atoms with Crippen LogP contribution in [0.4, 0.5) is 5.69 Å². The summed E-state index contributed by atoms with van der Waals surface area (Å²) in [6.07, 6.45) is 6.24. The molecule has 1 aromatic heterocycles. The molecule has 1 N–H and O–H groups in total. The molecule has 0 saturated heterocycles. The van der Waals surface area contributed by atoms with E-state index >= 15 is 0 Å². The zero-order valence-corrected chi connectivity index (χ0v) is 13.7. The lowest BCUT2D eigenvalue weighted by Gasteiger charge is -2.20. The highest BCUT2D eigenvalue weighted by Gasteiger charge is 2.27. The van der Waals surface area contributed by atoms with Gasteiger partial charge in [0.15, 0.2) is 0 Å². The molecule has 118 valence electrons. The lowest BCUT2D eigenvalue weighted by Crippen LogP contribution is -2.31. The van der Waals surface area contributed by atoms with Gasteiger partial charge < -0.3 is 5.32 Å². The molecular formula is C15H25ClN4O. The Bertz CT molecular complexity index is 513. The summed E-state index contributed by atoms with van der Waals surface area (Å²) in [6, 6.07) is 0.757. The number of hydrogen-bond acceptors (Lipinski definition) is 4. The zero-order valence-electron chi connectivity index (χ0n) is 12.9. The number of unbranched alkanes of at least 4 members (excludes halogenated alkanes) is 1. The van der Waals surface area contributed by atoms with E-state index in [1.54, 1.807) is 6.20 Å². The van der Waals surface area contributed by atoms with Crippen LogP contribution in [0, 0.1) is 0 Å². The summed E-state index contributed by atoms with van der Waals surface area (Å²) in [5, 5.41) is 7.67. The molecule has 21 heavy (non-hydrogen) atoms. The van der Waals surface area contributed by atoms with Gasteiger partial charge in [-0.15, -0.1) is 0 Å². The maximum atomic E-state index is 12.1. The van der Waals surface area contributed by atoms with Crippen molar-refractivity contribution >= 4 is 17.3 Å². The van der Waals surface area contributed by atoms with Crippen LogP contribution in [0.2, 0.25) is 5.02 Å². The van der Waals surface area contributed by atoms with Gasteiger partial charge in [0.2, 0.25) is 0 Å². The van der Waals surface area contributed by atoms with E-state index in [0.717, 1.165) is 38.5 Å². The molecule has 6 heteroatoms. The molecule has 1 aromatic rings. The van der Waals surface area contributed by atoms with Gasteiger partial charge in [-0.05, 0) is 25.8 Å². The van der Waals surface area contributed by atoms with Crippen LogP contribution < -0.4 is 10.9 Å². The molecule has 0 radical (unpaired) electrons. The molecule has 1 aliphatic carbocycles. The highest BCUT2D eigenvalue weighted by Crippen LogP contribution is 2.26. The van der Waals surface area contributed by atoms with Crippen molar-refractivity contribution in [2.24, 2.45) is 0 Å². The molecule has 0 unspecified atom stereocenters. The topological polar surface area (TPSA) is 50.2 Å². The zero-order chi connectivity index (χ0) is 15.2. The van der Waals surface area contributed by atoms with E-state index in [2.05, 4.69) is 29.2 Å². The highest BCUT2D eigenvalue weighted by molar-refractivity contribution is 6.32. The smallest absolute Gasteiger partial charge is 0.287 e. The largest absolute Gasteiger partial charge is 0.381 e. The second-order valence-electron chi connectivity index (χ2n) is 5.54. The van der Waals surface area contributed by atoms with Crippen LogP contribution in [0.3, 0.4) is 0 Å². The van der Waals surface area contributed by atoms with E-state index in [9.17, 15) is 4.79 Å². The fourth-order valence-electron chi connectivity index (χ4n) is 2.43. The standard InChI is InChI=1S/C15H25ClN4O/c1-3-5-9-20-15(21)14(16)13(11-18-20)17-8-10-19(4-2)12-6-7-12/h11-12,17H,3-10H2,1-2H3. The maximum absolute atomic E-state index is 12.1. The summed E-state index contributed by atoms with van der Waals surface area (Å²) >= 11 is 6.15. The number of anilines is 1. The third kappa shape index (κ3) is 4.45. The van der Waals surface area contributed by atoms with Crippen molar-refractivity contribution in [1.82, 2.24) is 14.7 Å². The Kier molecular flexibility index (Phi) is 6.06. The van der Waals surface area contributed by atoms with E-state index in [-0.39, 0.29) is 10.6 Å². The summed E-state index contributed by atoms with van der Waals surface area (Å²) in [4.78, 5) is 14.5. The van der Waals surface area contributed by atoms with Gasteiger partial charge in [0.25, 0.3) is 5.56 Å². The van der Waals surface area contributed by atoms with E-state index in [1.807, 2.05) is 0 Å². The van der Waals surface area contributed by atoms with Crippen molar-refractivity contribution in [1.29, 1.82) is 0 Å². The Labute approximate surface area is 131 Å². The number of aryl methyl sites for hydroxylation is 1. The number of rotatable bonds is 9. The average molecular weight is 313 g/mol. The number of hydrogen-bond donors (Lipinski definition) is 1. The van der Waals surface area contributed by atoms with Gasteiger partial charge in [-0.3, -0.25) is 9.69 Å². The third-order valence-corrected chi connectivity index (χ3v) is 4.26. The molecule has 1 fully saturated rings. The van der Waals surface area contributed by atoms with Crippen LogP contribution >= 0.6 is 11.6 Å². The monoisotopic (exact) mass is 312 g/mol. The Hall–Kier alpha value is -1.07. The van der Waals surface area contributed by atoms with E-state index in [1.165, 1.54) is 17.5 Å². The van der Waals surface area contributed by atoms with Gasteiger partial charge in [-0.1, -0.05) is 31.9 Å². The number of nitrogens with zero attached hydrogens (tertiary/aromatic N) is 3. The van der Waals surface area contributed by atoms with Crippen LogP contribution in [0.1, 0.15) is 39.5 Å². The van der Waals surface area contributed by atoms with Gasteiger partial charge in [-0.25, -0.2) is 4.68 Å². The number of aromatic nitrogens is 2. The quantitative estimate of drug-likeness (QED) is 0.761. The van der Waals surface area contributed by atoms with Crippen molar-refractivity contribution in [2.45, 2.75) is 52.1 Å². The molecule has 0 bridgehead atoms. The van der Waals surface area contributed by atoms with Crippen LogP contribution in [-0.2, 0) is 6.54 Å². The first-order valence-corrected chi connectivity index (χ1v) is 8.28. The SMILES string of the molecule is CCCCn1ncc(NCCN(CC)C2CC2)c(Cl)c1=O. The molecule has 0 spiro atoms. The predicted molar refractivity (Wildman–Crippen MR) is 87.2 cm³/mol. The molecule has 2 rings (SSSR count). The summed E-state index contributed by atoms with van der Waals surface area (Å²) in [5.74, 6) is 0. The second kappa shape index (κ2) is 7.80. The van der Waals surface area contributed by atoms with Crippen molar-refractivity contribution in [3.05, 3.63) is 21.6 Å². The van der Waals surface area contributed by atoms with Crippen molar-refractivity contribution in [3.8, 4) is 0 Å². The molecule has 0 amide bonds. The lowest BCUT2D eigenvalue weighted by molar-refractivity contribution is 0.289. The Morgan fingerprint density at radius 3 is 2.86 bits per heavy atom. The minimum absolute atomic E-state index is 0.204. The van der Waals surface area contributed by atoms with Crippen LogP contribution in [0.15, 0.2) is 11.0 Å². The van der Waals surface area contributed by atoms with Gasteiger partial charge in [-0.2, -0.15) is 5.10 Å². The Balaban J connectivity index is 1.91. The molecule has 0 aliphatic heterocycles. The van der Waals surface area contributed by atoms with E-state index in [0.29, 0.717) is 12.2 Å². The van der Waals surface area contributed by atoms with Crippen LogP contribution in [0.5, 0.6) is 0 Å². The molecule has 0 aromatic carbocycles. The fraction of sp³-hybridized carbons (Fsp3) is 0.733. The van der Waals surface area contributed by atoms with Gasteiger partial charge in [0.05, 0.1) is 11.9 Å². The molecule has 0 atom stereocenters. The second-order valence-corrected chi connectivity index (χ2v) is 5.92. The Morgan fingerprint density at radius 1 is 1.48 bits per heavy atom. The normalized spacial score (nSPS) is 14.7. The van der Waals surface area contributed by atoms with Crippen molar-refractivity contribution in [3.63, 3.8) is 0 Å². The number of nitrogens with one attached hydrogen (secondary N) is 1. The van der Waals surface area contributed by atoms with Gasteiger partial charge >= 0.3 is 0 Å². The van der Waals surface area contributed by atoms with Crippen LogP contribution in [0.25, 0.3) is 0 Å². The summed E-state index contributed by atoms with van der Waals surface area (Å²) in [5.41, 5.74) is 0.436. The first-order chi connectivity index (χ1) is 10.2. The molecule has 1 saturated carbocycles. The lowest BCUT2D eigenvalue weighted by atomic mass is 10.3. The molecule has 5 nitrogen and oxygen atoms in total. The Morgan fingerprint density at radius 2 is 2.24 bits per heavy atom. The molecule has 1 heterocycles. The van der Waals surface area contributed by atoms with Crippen LogP contribution in [-0.4, -0.2) is 40.4 Å². The van der Waals surface area contributed by atoms with Crippen molar-refractivity contribution < 1.29 is 0 Å². The van der Waals surface area contributed by atoms with Crippen molar-refractivity contribution in [2.75, 3.05) is 25.0 Å². The summed E-state index contributed by atoms with van der Waals surface area (Å²) < 4.78 is 1.44. The van der Waals surface area contributed by atoms with Gasteiger partial charge in [0, 0.05) is 25.7 Å². The fourth-order valence-corrected chi connectivity index (χ4v) is 2.64. The minimum atomic E-state index is -0.204. The summed E-state index contributed by atoms with van der Waals surface area (Å²) in [7, 11) is 0. The van der Waals surface area contributed by atoms with E-state index < -0.39 is 0 Å². The number of halogens is 1. The highest BCUT2D eigenvalue weighted by atomic mass is 35.5.